The lowest BCUT2D eigenvalue weighted by Crippen LogP contribution is -2.47. The van der Waals surface area contributed by atoms with Crippen molar-refractivity contribution in [2.45, 2.75) is 51.9 Å². The summed E-state index contributed by atoms with van der Waals surface area (Å²) < 4.78 is 21.9. The standard InChI is InChI=1S/C13H30O5Si2/c1-11(10-20(15-5,16-6)17-7)12(14)18-19(8,9)13(2,3)4/h11H,10H2,1-9H3. The lowest BCUT2D eigenvalue weighted by molar-refractivity contribution is -0.139. The molecule has 5 nitrogen and oxygen atoms in total. The van der Waals surface area contributed by atoms with Crippen LogP contribution in [0.25, 0.3) is 0 Å². The minimum atomic E-state index is -2.75. The zero-order valence-electron chi connectivity index (χ0n) is 14.3. The number of carbonyl (C=O) groups is 1. The predicted octanol–water partition coefficient (Wildman–Crippen LogP) is 3.05. The van der Waals surface area contributed by atoms with Crippen LogP contribution in [0.1, 0.15) is 27.7 Å². The van der Waals surface area contributed by atoms with Gasteiger partial charge in [0.2, 0.25) is 0 Å². The van der Waals surface area contributed by atoms with Gasteiger partial charge in [0, 0.05) is 27.4 Å². The van der Waals surface area contributed by atoms with E-state index in [1.807, 2.05) is 6.92 Å². The number of hydrogen-bond donors (Lipinski definition) is 0. The number of hydrogen-bond acceptors (Lipinski definition) is 5. The molecule has 0 spiro atoms. The topological polar surface area (TPSA) is 54.0 Å². The van der Waals surface area contributed by atoms with Gasteiger partial charge in [0.05, 0.1) is 5.92 Å². The quantitative estimate of drug-likeness (QED) is 0.674. The highest BCUT2D eigenvalue weighted by molar-refractivity contribution is 6.75. The summed E-state index contributed by atoms with van der Waals surface area (Å²) in [6, 6.07) is 0.421. The first-order valence-electron chi connectivity index (χ1n) is 6.83. The first-order chi connectivity index (χ1) is 8.94. The second kappa shape index (κ2) is 7.17. The summed E-state index contributed by atoms with van der Waals surface area (Å²) in [4.78, 5) is 12.3. The Balaban J connectivity index is 4.81. The van der Waals surface area contributed by atoms with Gasteiger partial charge in [-0.3, -0.25) is 4.79 Å². The molecule has 0 aromatic rings. The highest BCUT2D eigenvalue weighted by atomic mass is 28.4. The summed E-state index contributed by atoms with van der Waals surface area (Å²) in [7, 11) is -0.203. The molecule has 0 aliphatic rings. The monoisotopic (exact) mass is 322 g/mol. The fraction of sp³-hybridized carbons (Fsp3) is 0.923. The molecule has 0 aliphatic heterocycles. The zero-order valence-corrected chi connectivity index (χ0v) is 16.3. The highest BCUT2D eigenvalue weighted by Gasteiger charge is 2.45. The molecule has 120 valence electrons. The van der Waals surface area contributed by atoms with Crippen molar-refractivity contribution in [2.24, 2.45) is 5.92 Å². The van der Waals surface area contributed by atoms with Crippen LogP contribution in [0.3, 0.4) is 0 Å². The van der Waals surface area contributed by atoms with Crippen molar-refractivity contribution in [1.82, 2.24) is 0 Å². The third kappa shape index (κ3) is 4.96. The fourth-order valence-corrected chi connectivity index (χ4v) is 4.39. The first-order valence-corrected chi connectivity index (χ1v) is 11.7. The maximum atomic E-state index is 12.3. The van der Waals surface area contributed by atoms with Gasteiger partial charge in [-0.1, -0.05) is 27.7 Å². The molecular formula is C13H30O5Si2. The summed E-state index contributed by atoms with van der Waals surface area (Å²) in [6.45, 7) is 12.3. The lowest BCUT2D eigenvalue weighted by atomic mass is 10.2. The van der Waals surface area contributed by atoms with Crippen LogP contribution in [0.5, 0.6) is 0 Å². The second-order valence-corrected chi connectivity index (χ2v) is 14.3. The molecule has 1 atom stereocenters. The van der Waals surface area contributed by atoms with Gasteiger partial charge in [0.25, 0.3) is 14.3 Å². The van der Waals surface area contributed by atoms with E-state index in [2.05, 4.69) is 33.9 Å². The Bertz CT molecular complexity index is 313. The zero-order chi connectivity index (χ0) is 16.2. The van der Waals surface area contributed by atoms with Crippen molar-refractivity contribution in [3.05, 3.63) is 0 Å². The molecule has 0 N–H and O–H groups in total. The summed E-state index contributed by atoms with van der Waals surface area (Å²) in [5, 5.41) is 0.000661. The van der Waals surface area contributed by atoms with Gasteiger partial charge in [-0.15, -0.1) is 0 Å². The Morgan fingerprint density at radius 3 is 1.75 bits per heavy atom. The van der Waals surface area contributed by atoms with E-state index in [9.17, 15) is 4.79 Å². The smallest absolute Gasteiger partial charge is 0.501 e. The average molecular weight is 323 g/mol. The van der Waals surface area contributed by atoms with Crippen LogP contribution in [0.2, 0.25) is 24.2 Å². The van der Waals surface area contributed by atoms with Crippen LogP contribution in [-0.2, 0) is 22.5 Å². The maximum Gasteiger partial charge on any atom is 0.501 e. The van der Waals surface area contributed by atoms with Crippen molar-refractivity contribution >= 4 is 23.1 Å². The first kappa shape index (κ1) is 19.8. The van der Waals surface area contributed by atoms with E-state index in [-0.39, 0.29) is 16.9 Å². The molecular weight excluding hydrogens is 292 g/mol. The average Bonchev–Trinajstić information content (AvgIpc) is 2.34. The van der Waals surface area contributed by atoms with Crippen LogP contribution >= 0.6 is 0 Å². The summed E-state index contributed by atoms with van der Waals surface area (Å²) in [6.07, 6.45) is 0. The van der Waals surface area contributed by atoms with E-state index >= 15 is 0 Å². The molecule has 0 bridgehead atoms. The molecule has 0 aromatic carbocycles. The van der Waals surface area contributed by atoms with Gasteiger partial charge >= 0.3 is 8.80 Å². The highest BCUT2D eigenvalue weighted by Crippen LogP contribution is 2.37. The molecule has 0 amide bonds. The summed E-state index contributed by atoms with van der Waals surface area (Å²) in [5.41, 5.74) is 0. The van der Waals surface area contributed by atoms with Crippen molar-refractivity contribution in [3.63, 3.8) is 0 Å². The third-order valence-corrected chi connectivity index (χ3v) is 11.4. The van der Waals surface area contributed by atoms with Crippen LogP contribution in [0.4, 0.5) is 0 Å². The Labute approximate surface area is 125 Å². The molecule has 0 radical (unpaired) electrons. The fourth-order valence-electron chi connectivity index (χ4n) is 1.46. The van der Waals surface area contributed by atoms with Crippen molar-refractivity contribution in [3.8, 4) is 0 Å². The van der Waals surface area contributed by atoms with E-state index in [0.717, 1.165) is 0 Å². The molecule has 0 saturated carbocycles. The maximum absolute atomic E-state index is 12.3. The molecule has 0 saturated heterocycles. The van der Waals surface area contributed by atoms with Gasteiger partial charge in [-0.05, 0) is 18.1 Å². The van der Waals surface area contributed by atoms with Gasteiger partial charge in [0.15, 0.2) is 0 Å². The SMILES string of the molecule is CO[Si](CC(C)C(=O)O[Si](C)(C)C(C)(C)C)(OC)OC. The van der Waals surface area contributed by atoms with Crippen molar-refractivity contribution in [2.75, 3.05) is 21.3 Å². The lowest BCUT2D eigenvalue weighted by Gasteiger charge is -2.36. The summed E-state index contributed by atoms with van der Waals surface area (Å²) >= 11 is 0. The van der Waals surface area contributed by atoms with Crippen LogP contribution in [-0.4, -0.2) is 44.4 Å². The van der Waals surface area contributed by atoms with E-state index < -0.39 is 17.1 Å². The van der Waals surface area contributed by atoms with E-state index in [4.69, 9.17) is 17.7 Å². The van der Waals surface area contributed by atoms with Gasteiger partial charge in [-0.2, -0.15) is 0 Å². The van der Waals surface area contributed by atoms with E-state index in [0.29, 0.717) is 6.04 Å². The number of carbonyl (C=O) groups excluding carboxylic acids is 1. The molecule has 0 aromatic heterocycles. The molecule has 0 heterocycles. The Morgan fingerprint density at radius 1 is 1.05 bits per heavy atom. The van der Waals surface area contributed by atoms with Crippen LogP contribution < -0.4 is 0 Å². The van der Waals surface area contributed by atoms with Crippen LogP contribution in [0, 0.1) is 5.92 Å². The predicted molar refractivity (Wildman–Crippen MR) is 84.0 cm³/mol. The van der Waals surface area contributed by atoms with Gasteiger partial charge in [0.1, 0.15) is 0 Å². The Hall–Kier alpha value is -0.216. The van der Waals surface area contributed by atoms with Crippen molar-refractivity contribution in [1.29, 1.82) is 0 Å². The third-order valence-electron chi connectivity index (χ3n) is 4.05. The molecule has 20 heavy (non-hydrogen) atoms. The van der Waals surface area contributed by atoms with Gasteiger partial charge < -0.3 is 17.7 Å². The van der Waals surface area contributed by atoms with Crippen molar-refractivity contribution < 1.29 is 22.5 Å². The molecule has 1 unspecified atom stereocenters. The largest absolute Gasteiger partial charge is 0.519 e. The minimum Gasteiger partial charge on any atom is -0.519 e. The molecule has 0 fully saturated rings. The Morgan fingerprint density at radius 2 is 1.45 bits per heavy atom. The molecule has 0 rings (SSSR count). The summed E-state index contributed by atoms with van der Waals surface area (Å²) in [5.74, 6) is -0.504. The van der Waals surface area contributed by atoms with Gasteiger partial charge in [-0.25, -0.2) is 0 Å². The Kier molecular flexibility index (Phi) is 7.09. The normalized spacial score (nSPS) is 15.1. The number of rotatable bonds is 7. The molecule has 7 heteroatoms. The van der Waals surface area contributed by atoms with E-state index in [1.54, 1.807) is 21.3 Å². The van der Waals surface area contributed by atoms with E-state index in [1.165, 1.54) is 0 Å². The molecule has 0 aliphatic carbocycles. The van der Waals surface area contributed by atoms with Crippen LogP contribution in [0.15, 0.2) is 0 Å². The second-order valence-electron chi connectivity index (χ2n) is 6.58. The minimum absolute atomic E-state index is 0.000661.